The summed E-state index contributed by atoms with van der Waals surface area (Å²) in [5.41, 5.74) is 3.77. The smallest absolute Gasteiger partial charge is 0.335 e. The molecule has 0 atom stereocenters. The van der Waals surface area contributed by atoms with E-state index < -0.39 is 5.97 Å². The Morgan fingerprint density at radius 3 is 1.68 bits per heavy atom. The number of carboxylic acids is 1. The topological polar surface area (TPSA) is 37.3 Å². The quantitative estimate of drug-likeness (QED) is 0.868. The fraction of sp³-hybridized carbons (Fsp3) is 0.235. The Balaban J connectivity index is 0.000000861. The van der Waals surface area contributed by atoms with E-state index in [2.05, 4.69) is 31.2 Å². The van der Waals surface area contributed by atoms with E-state index in [1.165, 1.54) is 5.56 Å². The van der Waals surface area contributed by atoms with Crippen molar-refractivity contribution in [3.05, 3.63) is 59.7 Å². The number of hydrogen-bond donors (Lipinski definition) is 1. The molecule has 0 saturated heterocycles. The summed E-state index contributed by atoms with van der Waals surface area (Å²) < 4.78 is 0. The molecule has 19 heavy (non-hydrogen) atoms. The summed E-state index contributed by atoms with van der Waals surface area (Å²) in [6.07, 6.45) is 1.03. The Bertz CT molecular complexity index is 510. The van der Waals surface area contributed by atoms with Crippen molar-refractivity contribution in [3.8, 4) is 11.1 Å². The van der Waals surface area contributed by atoms with Crippen molar-refractivity contribution in [3.63, 3.8) is 0 Å². The number of carboxylic acid groups (broad SMARTS) is 1. The Kier molecular flexibility index (Phi) is 5.80. The zero-order chi connectivity index (χ0) is 14.3. The lowest BCUT2D eigenvalue weighted by Gasteiger charge is -2.03. The molecule has 2 rings (SSSR count). The first kappa shape index (κ1) is 15.0. The van der Waals surface area contributed by atoms with Crippen LogP contribution in [0.3, 0.4) is 0 Å². The molecular formula is C17H20O2. The van der Waals surface area contributed by atoms with Crippen LogP contribution in [0.2, 0.25) is 0 Å². The summed E-state index contributed by atoms with van der Waals surface area (Å²) in [5, 5.41) is 8.81. The first-order chi connectivity index (χ1) is 9.20. The van der Waals surface area contributed by atoms with Gasteiger partial charge in [-0.2, -0.15) is 0 Å². The lowest BCUT2D eigenvalue weighted by atomic mass is 10.0. The molecule has 0 fully saturated rings. The van der Waals surface area contributed by atoms with E-state index in [9.17, 15) is 4.79 Å². The molecule has 100 valence electrons. The van der Waals surface area contributed by atoms with Gasteiger partial charge < -0.3 is 5.11 Å². The average molecular weight is 256 g/mol. The molecular weight excluding hydrogens is 236 g/mol. The molecule has 0 aromatic heterocycles. The molecule has 2 aromatic carbocycles. The molecule has 2 nitrogen and oxygen atoms in total. The van der Waals surface area contributed by atoms with E-state index in [0.717, 1.165) is 17.5 Å². The Morgan fingerprint density at radius 1 is 0.895 bits per heavy atom. The molecule has 0 aliphatic rings. The maximum absolute atomic E-state index is 10.7. The molecule has 0 amide bonds. The van der Waals surface area contributed by atoms with E-state index >= 15 is 0 Å². The minimum absolute atomic E-state index is 0.318. The Hall–Kier alpha value is -2.09. The highest BCUT2D eigenvalue weighted by Crippen LogP contribution is 2.20. The van der Waals surface area contributed by atoms with E-state index in [-0.39, 0.29) is 0 Å². The van der Waals surface area contributed by atoms with Gasteiger partial charge in [0.05, 0.1) is 5.56 Å². The maximum Gasteiger partial charge on any atom is 0.335 e. The third-order valence-corrected chi connectivity index (χ3v) is 2.83. The lowest BCUT2D eigenvalue weighted by Crippen LogP contribution is -1.94. The summed E-state index contributed by atoms with van der Waals surface area (Å²) in [6, 6.07) is 15.3. The summed E-state index contributed by atoms with van der Waals surface area (Å²) in [7, 11) is 0. The highest BCUT2D eigenvalue weighted by atomic mass is 16.4. The zero-order valence-electron chi connectivity index (χ0n) is 11.7. The van der Waals surface area contributed by atoms with Gasteiger partial charge in [-0.1, -0.05) is 57.2 Å². The van der Waals surface area contributed by atoms with Crippen molar-refractivity contribution in [2.75, 3.05) is 0 Å². The number of benzene rings is 2. The second kappa shape index (κ2) is 7.37. The predicted molar refractivity (Wildman–Crippen MR) is 79.6 cm³/mol. The Labute approximate surface area is 114 Å². The predicted octanol–water partition coefficient (Wildman–Crippen LogP) is 4.64. The van der Waals surface area contributed by atoms with Crippen LogP contribution in [-0.2, 0) is 6.42 Å². The maximum atomic E-state index is 10.7. The largest absolute Gasteiger partial charge is 0.478 e. The van der Waals surface area contributed by atoms with Crippen LogP contribution in [0.1, 0.15) is 36.7 Å². The monoisotopic (exact) mass is 256 g/mol. The van der Waals surface area contributed by atoms with Gasteiger partial charge in [0.2, 0.25) is 0 Å². The van der Waals surface area contributed by atoms with Crippen LogP contribution >= 0.6 is 0 Å². The highest BCUT2D eigenvalue weighted by molar-refractivity contribution is 5.88. The third kappa shape index (κ3) is 3.95. The third-order valence-electron chi connectivity index (χ3n) is 2.83. The molecule has 2 aromatic rings. The van der Waals surface area contributed by atoms with Crippen molar-refractivity contribution in [1.29, 1.82) is 0 Å². The van der Waals surface area contributed by atoms with Gasteiger partial charge in [0.25, 0.3) is 0 Å². The Morgan fingerprint density at radius 2 is 1.32 bits per heavy atom. The van der Waals surface area contributed by atoms with Gasteiger partial charge in [-0.15, -0.1) is 0 Å². The first-order valence-corrected chi connectivity index (χ1v) is 6.63. The molecule has 1 N–H and O–H groups in total. The van der Waals surface area contributed by atoms with Crippen molar-refractivity contribution in [1.82, 2.24) is 0 Å². The molecule has 0 aliphatic carbocycles. The minimum Gasteiger partial charge on any atom is -0.478 e. The minimum atomic E-state index is -0.891. The molecule has 0 spiro atoms. The first-order valence-electron chi connectivity index (χ1n) is 6.63. The van der Waals surface area contributed by atoms with Crippen LogP contribution in [0.5, 0.6) is 0 Å². The van der Waals surface area contributed by atoms with E-state index in [1.807, 2.05) is 26.0 Å². The summed E-state index contributed by atoms with van der Waals surface area (Å²) >= 11 is 0. The van der Waals surface area contributed by atoms with Crippen molar-refractivity contribution in [2.24, 2.45) is 0 Å². The van der Waals surface area contributed by atoms with Gasteiger partial charge in [-0.3, -0.25) is 0 Å². The highest BCUT2D eigenvalue weighted by Gasteiger charge is 2.02. The van der Waals surface area contributed by atoms with Gasteiger partial charge in [0.1, 0.15) is 0 Å². The number of aryl methyl sites for hydroxylation is 1. The standard InChI is InChI=1S/C15H14O2.C2H6/c1-2-11-3-5-12(6-4-11)13-7-9-14(10-8-13)15(16)17;1-2/h3-10H,2H2,1H3,(H,16,17);1-2H3. The summed E-state index contributed by atoms with van der Waals surface area (Å²) in [6.45, 7) is 6.12. The van der Waals surface area contributed by atoms with Crippen molar-refractivity contribution < 1.29 is 9.90 Å². The second-order valence-corrected chi connectivity index (χ2v) is 3.93. The SMILES string of the molecule is CC.CCc1ccc(-c2ccc(C(=O)O)cc2)cc1. The fourth-order valence-electron chi connectivity index (χ4n) is 1.74. The normalized spacial score (nSPS) is 9.42. The molecule has 0 bridgehead atoms. The molecule has 0 radical (unpaired) electrons. The van der Waals surface area contributed by atoms with Crippen LogP contribution < -0.4 is 0 Å². The van der Waals surface area contributed by atoms with Crippen LogP contribution in [0.15, 0.2) is 48.5 Å². The summed E-state index contributed by atoms with van der Waals surface area (Å²) in [5.74, 6) is -0.891. The van der Waals surface area contributed by atoms with Crippen molar-refractivity contribution in [2.45, 2.75) is 27.2 Å². The van der Waals surface area contributed by atoms with Crippen LogP contribution in [0.25, 0.3) is 11.1 Å². The number of hydrogen-bond acceptors (Lipinski definition) is 1. The summed E-state index contributed by atoms with van der Waals surface area (Å²) in [4.78, 5) is 10.7. The van der Waals surface area contributed by atoms with Gasteiger partial charge in [0, 0.05) is 0 Å². The van der Waals surface area contributed by atoms with E-state index in [1.54, 1.807) is 12.1 Å². The van der Waals surface area contributed by atoms with Gasteiger partial charge in [-0.05, 0) is 35.2 Å². The van der Waals surface area contributed by atoms with E-state index in [4.69, 9.17) is 5.11 Å². The molecule has 2 heteroatoms. The van der Waals surface area contributed by atoms with Crippen LogP contribution in [0.4, 0.5) is 0 Å². The van der Waals surface area contributed by atoms with Crippen LogP contribution in [0, 0.1) is 0 Å². The van der Waals surface area contributed by atoms with Crippen molar-refractivity contribution >= 4 is 5.97 Å². The van der Waals surface area contributed by atoms with Gasteiger partial charge in [0.15, 0.2) is 0 Å². The molecule has 0 heterocycles. The van der Waals surface area contributed by atoms with Gasteiger partial charge in [-0.25, -0.2) is 4.79 Å². The second-order valence-electron chi connectivity index (χ2n) is 3.93. The van der Waals surface area contributed by atoms with E-state index in [0.29, 0.717) is 5.56 Å². The molecule has 0 unspecified atom stereocenters. The molecule has 0 saturated carbocycles. The lowest BCUT2D eigenvalue weighted by molar-refractivity contribution is 0.0697. The van der Waals surface area contributed by atoms with Gasteiger partial charge >= 0.3 is 5.97 Å². The number of aromatic carboxylic acids is 1. The number of rotatable bonds is 3. The van der Waals surface area contributed by atoms with Crippen LogP contribution in [-0.4, -0.2) is 11.1 Å². The fourth-order valence-corrected chi connectivity index (χ4v) is 1.74. The number of carbonyl (C=O) groups is 1. The molecule has 0 aliphatic heterocycles. The average Bonchev–Trinajstić information content (AvgIpc) is 2.49. The zero-order valence-corrected chi connectivity index (χ0v) is 11.7.